The van der Waals surface area contributed by atoms with Gasteiger partial charge in [-0.25, -0.2) is 4.98 Å². The van der Waals surface area contributed by atoms with E-state index >= 15 is 0 Å². The fourth-order valence-corrected chi connectivity index (χ4v) is 3.64. The molecular weight excluding hydrogens is 538 g/mol. The minimum Gasteiger partial charge on any atom is -0.480 e. The first-order valence-electron chi connectivity index (χ1n) is 14.1. The lowest BCUT2D eigenvalue weighted by Gasteiger charge is -2.15. The molecule has 1 rings (SSSR count). The minimum absolute atomic E-state index is 0.0162. The summed E-state index contributed by atoms with van der Waals surface area (Å²) in [6.45, 7) is 4.98. The molecule has 0 aliphatic carbocycles. The molecule has 0 fully saturated rings. The van der Waals surface area contributed by atoms with Gasteiger partial charge >= 0.3 is 5.97 Å². The number of aromatic nitrogens is 2. The van der Waals surface area contributed by atoms with Crippen molar-refractivity contribution in [2.24, 2.45) is 5.73 Å². The average molecular weight is 586 g/mol. The Morgan fingerprint density at radius 3 is 2.39 bits per heavy atom. The first-order chi connectivity index (χ1) is 19.8. The first-order valence-corrected chi connectivity index (χ1v) is 14.1. The van der Waals surface area contributed by atoms with Gasteiger partial charge in [-0.2, -0.15) is 0 Å². The Kier molecular flexibility index (Phi) is 21.2. The Morgan fingerprint density at radius 2 is 1.68 bits per heavy atom. The zero-order valence-corrected chi connectivity index (χ0v) is 24.1. The van der Waals surface area contributed by atoms with Crippen LogP contribution in [0.5, 0.6) is 0 Å². The van der Waals surface area contributed by atoms with E-state index in [1.165, 1.54) is 6.33 Å². The maximum atomic E-state index is 12.2. The lowest BCUT2D eigenvalue weighted by atomic mass is 10.0. The molecule has 0 saturated carbocycles. The number of aliphatic carboxylic acids is 1. The number of ether oxygens (including phenoxy) is 4. The third kappa shape index (κ3) is 19.9. The second-order valence-electron chi connectivity index (χ2n) is 9.35. The van der Waals surface area contributed by atoms with Crippen molar-refractivity contribution in [2.45, 2.75) is 64.0 Å². The summed E-state index contributed by atoms with van der Waals surface area (Å²) in [5.41, 5.74) is 6.68. The molecule has 1 amide bonds. The highest BCUT2D eigenvalue weighted by Gasteiger charge is 2.19. The van der Waals surface area contributed by atoms with Gasteiger partial charge < -0.3 is 45.4 Å². The lowest BCUT2D eigenvalue weighted by Crippen LogP contribution is -2.40. The van der Waals surface area contributed by atoms with E-state index in [0.717, 1.165) is 5.69 Å². The fourth-order valence-electron chi connectivity index (χ4n) is 3.64. The predicted octanol–water partition coefficient (Wildman–Crippen LogP) is 0.00360. The molecule has 1 heterocycles. The number of ketones is 2. The van der Waals surface area contributed by atoms with Crippen LogP contribution in [0.3, 0.4) is 0 Å². The molecule has 0 saturated heterocycles. The van der Waals surface area contributed by atoms with Crippen LogP contribution in [0.1, 0.15) is 51.1 Å². The molecular formula is C27H47N5O9. The second-order valence-corrected chi connectivity index (χ2v) is 9.35. The standard InChI is InChI=1S/C27H47N5O9/c1-2-38-12-14-40-18-22(33)6-5-11-39-13-15-41-19-26(35)31-9-4-3-7-24(27(36)37)30-10-8-25(34)23(28)16-21-17-29-20-32-21/h17,20,23-24,30H,2-16,18-19,28H2,1H3,(H,29,32)(H,31,35)(H,36,37)/t23-,24-/m0/s1. The number of carboxylic acids is 1. The van der Waals surface area contributed by atoms with Crippen LogP contribution in [-0.2, 0) is 44.5 Å². The van der Waals surface area contributed by atoms with Gasteiger partial charge in [0.15, 0.2) is 11.6 Å². The van der Waals surface area contributed by atoms with E-state index in [1.807, 2.05) is 6.92 Å². The van der Waals surface area contributed by atoms with Crippen LogP contribution < -0.4 is 16.4 Å². The summed E-state index contributed by atoms with van der Waals surface area (Å²) in [7, 11) is 0. The van der Waals surface area contributed by atoms with E-state index < -0.39 is 18.1 Å². The Morgan fingerprint density at radius 1 is 0.951 bits per heavy atom. The molecule has 0 spiro atoms. The third-order valence-electron chi connectivity index (χ3n) is 5.90. The lowest BCUT2D eigenvalue weighted by molar-refractivity contribution is -0.140. The number of hydrogen-bond donors (Lipinski definition) is 5. The number of unbranched alkanes of at least 4 members (excludes halogenated alkanes) is 1. The molecule has 0 bridgehead atoms. The van der Waals surface area contributed by atoms with E-state index in [-0.39, 0.29) is 50.3 Å². The van der Waals surface area contributed by atoms with Gasteiger partial charge in [-0.05, 0) is 32.6 Å². The number of aromatic amines is 1. The number of rotatable bonds is 28. The highest BCUT2D eigenvalue weighted by molar-refractivity contribution is 5.84. The number of hydrogen-bond acceptors (Lipinski definition) is 11. The number of imidazole rings is 1. The van der Waals surface area contributed by atoms with Crippen molar-refractivity contribution in [2.75, 3.05) is 65.9 Å². The number of H-pyrrole nitrogens is 1. The summed E-state index contributed by atoms with van der Waals surface area (Å²) in [5.74, 6) is -1.40. The maximum absolute atomic E-state index is 12.2. The van der Waals surface area contributed by atoms with Crippen LogP contribution in [0.15, 0.2) is 12.5 Å². The number of carbonyl (C=O) groups is 4. The van der Waals surface area contributed by atoms with Gasteiger partial charge in [0.1, 0.15) is 19.3 Å². The summed E-state index contributed by atoms with van der Waals surface area (Å²) in [6, 6.07) is -1.47. The molecule has 1 aromatic rings. The molecule has 0 aliphatic rings. The average Bonchev–Trinajstić information content (AvgIpc) is 3.46. The molecule has 0 radical (unpaired) electrons. The van der Waals surface area contributed by atoms with Crippen molar-refractivity contribution in [1.82, 2.24) is 20.6 Å². The number of nitrogens with zero attached hydrogens (tertiary/aromatic N) is 1. The predicted molar refractivity (Wildman–Crippen MR) is 149 cm³/mol. The molecule has 1 aromatic heterocycles. The van der Waals surface area contributed by atoms with E-state index in [2.05, 4.69) is 20.6 Å². The maximum Gasteiger partial charge on any atom is 0.320 e. The smallest absolute Gasteiger partial charge is 0.320 e. The van der Waals surface area contributed by atoms with Crippen LogP contribution in [0.25, 0.3) is 0 Å². The SMILES string of the molecule is CCOCCOCC(=O)CCCOCCOCC(=O)NCCCC[C@H](NCCC(=O)[C@@H](N)Cc1cnc[nH]1)C(=O)O. The summed E-state index contributed by atoms with van der Waals surface area (Å²) in [4.78, 5) is 54.0. The van der Waals surface area contributed by atoms with Crippen molar-refractivity contribution in [1.29, 1.82) is 0 Å². The molecule has 0 aromatic carbocycles. The summed E-state index contributed by atoms with van der Waals surface area (Å²) in [5, 5.41) is 15.1. The van der Waals surface area contributed by atoms with Gasteiger partial charge in [-0.3, -0.25) is 19.2 Å². The summed E-state index contributed by atoms with van der Waals surface area (Å²) in [6.07, 6.45) is 6.11. The molecule has 14 heteroatoms. The number of nitrogens with one attached hydrogen (secondary N) is 3. The summed E-state index contributed by atoms with van der Waals surface area (Å²) >= 11 is 0. The quantitative estimate of drug-likeness (QED) is 0.0825. The minimum atomic E-state index is -0.993. The van der Waals surface area contributed by atoms with E-state index in [0.29, 0.717) is 78.1 Å². The molecule has 0 unspecified atom stereocenters. The number of Topliss-reactive ketones (excluding diaryl/α,β-unsaturated/α-hetero) is 2. The number of carboxylic acid groups (broad SMARTS) is 1. The van der Waals surface area contributed by atoms with E-state index in [4.69, 9.17) is 24.7 Å². The van der Waals surface area contributed by atoms with Gasteiger partial charge in [-0.1, -0.05) is 0 Å². The van der Waals surface area contributed by atoms with Gasteiger partial charge in [0.25, 0.3) is 0 Å². The summed E-state index contributed by atoms with van der Waals surface area (Å²) < 4.78 is 21.0. The molecule has 2 atom stereocenters. The van der Waals surface area contributed by atoms with Gasteiger partial charge in [0.05, 0.1) is 38.8 Å². The van der Waals surface area contributed by atoms with Crippen LogP contribution in [-0.4, -0.2) is 117 Å². The number of carbonyl (C=O) groups excluding carboxylic acids is 3. The van der Waals surface area contributed by atoms with Crippen LogP contribution in [0.4, 0.5) is 0 Å². The Bertz CT molecular complexity index is 854. The van der Waals surface area contributed by atoms with E-state index in [1.54, 1.807) is 6.20 Å². The largest absolute Gasteiger partial charge is 0.480 e. The van der Waals surface area contributed by atoms with Crippen LogP contribution >= 0.6 is 0 Å². The Labute approximate surface area is 241 Å². The highest BCUT2D eigenvalue weighted by atomic mass is 16.5. The van der Waals surface area contributed by atoms with Crippen molar-refractivity contribution >= 4 is 23.4 Å². The van der Waals surface area contributed by atoms with Gasteiger partial charge in [0.2, 0.25) is 5.91 Å². The van der Waals surface area contributed by atoms with Crippen molar-refractivity contribution < 1.29 is 43.2 Å². The number of amides is 1. The van der Waals surface area contributed by atoms with Crippen LogP contribution in [0, 0.1) is 0 Å². The Hall–Kier alpha value is -2.75. The monoisotopic (exact) mass is 585 g/mol. The molecule has 0 aliphatic heterocycles. The topological polar surface area (TPSA) is 204 Å². The zero-order valence-electron chi connectivity index (χ0n) is 24.1. The molecule has 6 N–H and O–H groups in total. The first kappa shape index (κ1) is 36.3. The van der Waals surface area contributed by atoms with Crippen molar-refractivity contribution in [3.05, 3.63) is 18.2 Å². The second kappa shape index (κ2) is 23.9. The number of nitrogens with two attached hydrogens (primary N) is 1. The van der Waals surface area contributed by atoms with E-state index in [9.17, 15) is 24.3 Å². The Balaban J connectivity index is 1.98. The van der Waals surface area contributed by atoms with Crippen LogP contribution in [0.2, 0.25) is 0 Å². The molecule has 41 heavy (non-hydrogen) atoms. The van der Waals surface area contributed by atoms with Crippen molar-refractivity contribution in [3.8, 4) is 0 Å². The van der Waals surface area contributed by atoms with Crippen molar-refractivity contribution in [3.63, 3.8) is 0 Å². The zero-order chi connectivity index (χ0) is 30.1. The highest BCUT2D eigenvalue weighted by Crippen LogP contribution is 2.03. The fraction of sp³-hybridized carbons (Fsp3) is 0.741. The molecule has 14 nitrogen and oxygen atoms in total. The molecule has 234 valence electrons. The third-order valence-corrected chi connectivity index (χ3v) is 5.90. The van der Waals surface area contributed by atoms with Gasteiger partial charge in [0, 0.05) is 57.5 Å². The normalized spacial score (nSPS) is 12.6. The van der Waals surface area contributed by atoms with Gasteiger partial charge in [-0.15, -0.1) is 0 Å².